The third-order valence-corrected chi connectivity index (χ3v) is 2.24. The van der Waals surface area contributed by atoms with Crippen LogP contribution in [0.3, 0.4) is 0 Å². The highest BCUT2D eigenvalue weighted by atomic mass is 35.5. The molecule has 0 spiro atoms. The number of thioether (sulfide) groups is 1. The lowest BCUT2D eigenvalue weighted by molar-refractivity contribution is 0.108. The monoisotopic (exact) mass is 186 g/mol. The van der Waals surface area contributed by atoms with Crippen molar-refractivity contribution in [2.24, 2.45) is 0 Å². The molecule has 0 saturated carbocycles. The summed E-state index contributed by atoms with van der Waals surface area (Å²) >= 11 is 6.87. The van der Waals surface area contributed by atoms with E-state index in [2.05, 4.69) is 0 Å². The quantitative estimate of drug-likeness (QED) is 0.522. The van der Waals surface area contributed by atoms with Gasteiger partial charge in [-0.15, -0.1) is 11.8 Å². The summed E-state index contributed by atoms with van der Waals surface area (Å²) in [6.07, 6.45) is 1.96. The van der Waals surface area contributed by atoms with E-state index in [1.165, 1.54) is 0 Å². The van der Waals surface area contributed by atoms with E-state index < -0.39 is 5.24 Å². The molecule has 3 heteroatoms. The smallest absolute Gasteiger partial charge is 0.252 e. The fourth-order valence-electron chi connectivity index (χ4n) is 0.745. The van der Waals surface area contributed by atoms with Gasteiger partial charge in [-0.25, -0.2) is 0 Å². The van der Waals surface area contributed by atoms with Crippen molar-refractivity contribution in [3.63, 3.8) is 0 Å². The molecule has 0 amide bonds. The van der Waals surface area contributed by atoms with Crippen molar-refractivity contribution in [3.8, 4) is 0 Å². The van der Waals surface area contributed by atoms with Crippen LogP contribution in [-0.4, -0.2) is 11.5 Å². The molecular weight excluding hydrogens is 180 g/mol. The Morgan fingerprint density at radius 3 is 2.82 bits per heavy atom. The van der Waals surface area contributed by atoms with E-state index in [0.717, 1.165) is 4.90 Å². The molecule has 0 aliphatic heterocycles. The number of hydrogen-bond acceptors (Lipinski definition) is 2. The minimum absolute atomic E-state index is 0.402. The van der Waals surface area contributed by atoms with Gasteiger partial charge in [0.25, 0.3) is 5.24 Å². The Kier molecular flexibility index (Phi) is 2.97. The largest absolute Gasteiger partial charge is 0.276 e. The highest BCUT2D eigenvalue weighted by Crippen LogP contribution is 2.16. The predicted molar refractivity (Wildman–Crippen MR) is 48.4 cm³/mol. The molecular formula is C8H7ClOS. The van der Waals surface area contributed by atoms with Gasteiger partial charge in [0.05, 0.1) is 0 Å². The van der Waals surface area contributed by atoms with Crippen LogP contribution >= 0.6 is 23.4 Å². The second kappa shape index (κ2) is 3.79. The molecule has 1 aromatic rings. The summed E-state index contributed by atoms with van der Waals surface area (Å²) in [5.74, 6) is 0. The number of rotatable bonds is 2. The number of carbonyl (C=O) groups is 1. The normalized spacial score (nSPS) is 9.64. The SMILES string of the molecule is CSc1cccc(C(=O)Cl)c1. The third-order valence-electron chi connectivity index (χ3n) is 1.30. The maximum absolute atomic E-state index is 10.7. The highest BCUT2D eigenvalue weighted by molar-refractivity contribution is 7.98. The van der Waals surface area contributed by atoms with Gasteiger partial charge in [0.1, 0.15) is 0 Å². The van der Waals surface area contributed by atoms with Gasteiger partial charge >= 0.3 is 0 Å². The Morgan fingerprint density at radius 1 is 1.55 bits per heavy atom. The van der Waals surface area contributed by atoms with Crippen LogP contribution in [0.25, 0.3) is 0 Å². The second-order valence-electron chi connectivity index (χ2n) is 2.01. The van der Waals surface area contributed by atoms with Crippen molar-refractivity contribution in [2.75, 3.05) is 6.26 Å². The molecule has 58 valence electrons. The zero-order valence-electron chi connectivity index (χ0n) is 6.00. The third kappa shape index (κ3) is 2.24. The van der Waals surface area contributed by atoms with Gasteiger partial charge in [0, 0.05) is 10.5 Å². The summed E-state index contributed by atoms with van der Waals surface area (Å²) in [5, 5.41) is -0.402. The van der Waals surface area contributed by atoms with Crippen molar-refractivity contribution in [1.29, 1.82) is 0 Å². The van der Waals surface area contributed by atoms with Gasteiger partial charge in [-0.1, -0.05) is 12.1 Å². The van der Waals surface area contributed by atoms with Crippen molar-refractivity contribution in [3.05, 3.63) is 29.8 Å². The number of carbonyl (C=O) groups excluding carboxylic acids is 1. The highest BCUT2D eigenvalue weighted by Gasteiger charge is 2.00. The molecule has 0 bridgehead atoms. The van der Waals surface area contributed by atoms with Crippen LogP contribution in [0.4, 0.5) is 0 Å². The summed E-state index contributed by atoms with van der Waals surface area (Å²) < 4.78 is 0. The first kappa shape index (κ1) is 8.62. The van der Waals surface area contributed by atoms with Gasteiger partial charge in [-0.2, -0.15) is 0 Å². The van der Waals surface area contributed by atoms with Crippen molar-refractivity contribution in [2.45, 2.75) is 4.90 Å². The van der Waals surface area contributed by atoms with Crippen molar-refractivity contribution >= 4 is 28.6 Å². The predicted octanol–water partition coefficient (Wildman–Crippen LogP) is 2.79. The maximum atomic E-state index is 10.7. The van der Waals surface area contributed by atoms with E-state index in [9.17, 15) is 4.79 Å². The number of halogens is 1. The van der Waals surface area contributed by atoms with Gasteiger partial charge in [0.2, 0.25) is 0 Å². The minimum Gasteiger partial charge on any atom is -0.276 e. The first-order valence-corrected chi connectivity index (χ1v) is 4.68. The molecule has 0 atom stereocenters. The molecule has 0 aliphatic carbocycles. The molecule has 0 aromatic heterocycles. The van der Waals surface area contributed by atoms with E-state index in [4.69, 9.17) is 11.6 Å². The molecule has 0 unspecified atom stereocenters. The average Bonchev–Trinajstić information content (AvgIpc) is 2.05. The van der Waals surface area contributed by atoms with Crippen LogP contribution in [0.1, 0.15) is 10.4 Å². The summed E-state index contributed by atoms with van der Waals surface area (Å²) in [6, 6.07) is 7.24. The van der Waals surface area contributed by atoms with Crippen LogP contribution in [-0.2, 0) is 0 Å². The summed E-state index contributed by atoms with van der Waals surface area (Å²) in [6.45, 7) is 0. The summed E-state index contributed by atoms with van der Waals surface area (Å²) in [7, 11) is 0. The summed E-state index contributed by atoms with van der Waals surface area (Å²) in [4.78, 5) is 11.7. The Hall–Kier alpha value is -0.470. The first-order chi connectivity index (χ1) is 5.24. The molecule has 0 N–H and O–H groups in total. The Morgan fingerprint density at radius 2 is 2.27 bits per heavy atom. The molecule has 0 fully saturated rings. The van der Waals surface area contributed by atoms with Crippen molar-refractivity contribution in [1.82, 2.24) is 0 Å². The topological polar surface area (TPSA) is 17.1 Å². The lowest BCUT2D eigenvalue weighted by atomic mass is 10.2. The van der Waals surface area contributed by atoms with E-state index in [0.29, 0.717) is 5.56 Å². The fourth-order valence-corrected chi connectivity index (χ4v) is 1.32. The molecule has 11 heavy (non-hydrogen) atoms. The van der Waals surface area contributed by atoms with E-state index >= 15 is 0 Å². The van der Waals surface area contributed by atoms with Gasteiger partial charge in [-0.05, 0) is 30.0 Å². The Balaban J connectivity index is 3.01. The van der Waals surface area contributed by atoms with Crippen LogP contribution in [0.5, 0.6) is 0 Å². The zero-order valence-corrected chi connectivity index (χ0v) is 7.58. The minimum atomic E-state index is -0.402. The number of benzene rings is 1. The first-order valence-electron chi connectivity index (χ1n) is 3.08. The molecule has 1 rings (SSSR count). The van der Waals surface area contributed by atoms with Crippen LogP contribution in [0, 0.1) is 0 Å². The second-order valence-corrected chi connectivity index (χ2v) is 3.23. The summed E-state index contributed by atoms with van der Waals surface area (Å²) in [5.41, 5.74) is 0.554. The molecule has 1 nitrogen and oxygen atoms in total. The van der Waals surface area contributed by atoms with E-state index in [-0.39, 0.29) is 0 Å². The van der Waals surface area contributed by atoms with Crippen LogP contribution in [0.2, 0.25) is 0 Å². The van der Waals surface area contributed by atoms with Crippen LogP contribution in [0.15, 0.2) is 29.2 Å². The molecule has 0 aliphatic rings. The lowest BCUT2D eigenvalue weighted by Gasteiger charge is -1.96. The van der Waals surface area contributed by atoms with E-state index in [1.54, 1.807) is 23.9 Å². The number of hydrogen-bond donors (Lipinski definition) is 0. The Labute approximate surface area is 74.7 Å². The molecule has 0 heterocycles. The molecule has 1 aromatic carbocycles. The van der Waals surface area contributed by atoms with Gasteiger partial charge in [0.15, 0.2) is 0 Å². The van der Waals surface area contributed by atoms with Gasteiger partial charge < -0.3 is 0 Å². The zero-order chi connectivity index (χ0) is 8.27. The van der Waals surface area contributed by atoms with E-state index in [1.807, 2.05) is 18.4 Å². The van der Waals surface area contributed by atoms with Crippen molar-refractivity contribution < 1.29 is 4.79 Å². The average molecular weight is 187 g/mol. The fraction of sp³-hybridized carbons (Fsp3) is 0.125. The molecule has 0 saturated heterocycles. The lowest BCUT2D eigenvalue weighted by Crippen LogP contribution is -1.87. The molecule has 0 radical (unpaired) electrons. The maximum Gasteiger partial charge on any atom is 0.252 e. The van der Waals surface area contributed by atoms with Gasteiger partial charge in [-0.3, -0.25) is 4.79 Å². The Bertz CT molecular complexity index is 273. The van der Waals surface area contributed by atoms with Crippen LogP contribution < -0.4 is 0 Å². The standard InChI is InChI=1S/C8H7ClOS/c1-11-7-4-2-3-6(5-7)8(9)10/h2-5H,1H3.